The number of anilines is 1. The Morgan fingerprint density at radius 2 is 1.93 bits per heavy atom. The van der Waals surface area contributed by atoms with Crippen molar-refractivity contribution in [3.63, 3.8) is 0 Å². The van der Waals surface area contributed by atoms with E-state index in [0.29, 0.717) is 5.92 Å². The molecule has 1 aromatic carbocycles. The maximum Gasteiger partial charge on any atom is 0.416 e. The fourth-order valence-corrected chi connectivity index (χ4v) is 2.93. The molecular weight excluding hydrogens is 383 g/mol. The highest BCUT2D eigenvalue weighted by Crippen LogP contribution is 2.33. The standard InChI is InChI=1S/C18H21ClF3N3O2/c1-11-4-2-3-5-14(11)24-25-17(27)9-8-16(26)23-15-10-12(18(20,21)22)6-7-13(15)19/h6-7,10-11H,2-5,8-9H2,1H3,(H,23,26)(H,25,27)/b24-14+/t11-/m0/s1. The van der Waals surface area contributed by atoms with Gasteiger partial charge < -0.3 is 5.32 Å². The fourth-order valence-electron chi connectivity index (χ4n) is 2.76. The zero-order valence-corrected chi connectivity index (χ0v) is 15.6. The lowest BCUT2D eigenvalue weighted by Crippen LogP contribution is -2.25. The largest absolute Gasteiger partial charge is 0.416 e. The Labute approximate surface area is 160 Å². The summed E-state index contributed by atoms with van der Waals surface area (Å²) >= 11 is 5.82. The molecule has 5 nitrogen and oxygen atoms in total. The second-order valence-corrected chi connectivity index (χ2v) is 6.93. The van der Waals surface area contributed by atoms with E-state index in [0.717, 1.165) is 49.6 Å². The molecule has 0 spiro atoms. The fraction of sp³-hybridized carbons (Fsp3) is 0.500. The van der Waals surface area contributed by atoms with Crippen molar-refractivity contribution in [3.05, 3.63) is 28.8 Å². The number of nitrogens with zero attached hydrogens (tertiary/aromatic N) is 1. The summed E-state index contributed by atoms with van der Waals surface area (Å²) in [7, 11) is 0. The molecule has 2 rings (SSSR count). The predicted octanol–water partition coefficient (Wildman–Crippen LogP) is 4.76. The van der Waals surface area contributed by atoms with Crippen LogP contribution in [0.5, 0.6) is 0 Å². The van der Waals surface area contributed by atoms with Crippen LogP contribution in [0.15, 0.2) is 23.3 Å². The number of benzene rings is 1. The average molecular weight is 404 g/mol. The number of hydrogen-bond donors (Lipinski definition) is 2. The van der Waals surface area contributed by atoms with Gasteiger partial charge in [-0.05, 0) is 43.4 Å². The predicted molar refractivity (Wildman–Crippen MR) is 97.5 cm³/mol. The molecule has 2 amide bonds. The summed E-state index contributed by atoms with van der Waals surface area (Å²) in [6.45, 7) is 2.05. The minimum absolute atomic E-state index is 0.0153. The van der Waals surface area contributed by atoms with Gasteiger partial charge in [-0.2, -0.15) is 18.3 Å². The number of alkyl halides is 3. The molecule has 0 aromatic heterocycles. The van der Waals surface area contributed by atoms with Gasteiger partial charge in [0.2, 0.25) is 11.8 Å². The second-order valence-electron chi connectivity index (χ2n) is 6.53. The summed E-state index contributed by atoms with van der Waals surface area (Å²) in [6, 6.07) is 2.65. The van der Waals surface area contributed by atoms with E-state index in [1.54, 1.807) is 0 Å². The van der Waals surface area contributed by atoms with Crippen LogP contribution in [0.1, 0.15) is 51.0 Å². The maximum absolute atomic E-state index is 12.7. The van der Waals surface area contributed by atoms with Gasteiger partial charge in [-0.3, -0.25) is 9.59 Å². The minimum atomic E-state index is -4.54. The third-order valence-corrected chi connectivity index (χ3v) is 4.69. The molecule has 27 heavy (non-hydrogen) atoms. The normalized spacial score (nSPS) is 19.0. The Morgan fingerprint density at radius 1 is 1.22 bits per heavy atom. The molecule has 1 saturated carbocycles. The first-order valence-corrected chi connectivity index (χ1v) is 9.06. The number of carbonyl (C=O) groups is 2. The molecule has 1 fully saturated rings. The Hall–Kier alpha value is -2.09. The number of amides is 2. The first-order valence-electron chi connectivity index (χ1n) is 8.68. The van der Waals surface area contributed by atoms with E-state index in [2.05, 4.69) is 22.8 Å². The first-order chi connectivity index (χ1) is 12.7. The minimum Gasteiger partial charge on any atom is -0.325 e. The van der Waals surface area contributed by atoms with Crippen LogP contribution in [0.25, 0.3) is 0 Å². The second kappa shape index (κ2) is 9.21. The van der Waals surface area contributed by atoms with Crippen LogP contribution in [0, 0.1) is 5.92 Å². The van der Waals surface area contributed by atoms with Crippen molar-refractivity contribution >= 4 is 34.8 Å². The number of hydrazone groups is 1. The molecule has 1 aliphatic rings. The van der Waals surface area contributed by atoms with Gasteiger partial charge in [0.1, 0.15) is 0 Å². The highest BCUT2D eigenvalue weighted by atomic mass is 35.5. The van der Waals surface area contributed by atoms with E-state index in [1.165, 1.54) is 0 Å². The monoisotopic (exact) mass is 403 g/mol. The van der Waals surface area contributed by atoms with Crippen molar-refractivity contribution in [1.82, 2.24) is 5.43 Å². The van der Waals surface area contributed by atoms with Gasteiger partial charge in [-0.15, -0.1) is 0 Å². The average Bonchev–Trinajstić information content (AvgIpc) is 2.60. The van der Waals surface area contributed by atoms with Crippen LogP contribution >= 0.6 is 11.6 Å². The van der Waals surface area contributed by atoms with Gasteiger partial charge in [-0.25, -0.2) is 5.43 Å². The van der Waals surface area contributed by atoms with Crippen LogP contribution in [-0.2, 0) is 15.8 Å². The van der Waals surface area contributed by atoms with Crippen molar-refractivity contribution in [2.24, 2.45) is 11.0 Å². The van der Waals surface area contributed by atoms with Crippen LogP contribution in [-0.4, -0.2) is 17.5 Å². The molecule has 0 radical (unpaired) electrons. The number of carbonyl (C=O) groups excluding carboxylic acids is 2. The summed E-state index contributed by atoms with van der Waals surface area (Å²) < 4.78 is 38.2. The number of rotatable bonds is 5. The molecule has 0 heterocycles. The third kappa shape index (κ3) is 6.53. The molecule has 9 heteroatoms. The van der Waals surface area contributed by atoms with Crippen LogP contribution in [0.4, 0.5) is 18.9 Å². The Balaban J connectivity index is 1.85. The summed E-state index contributed by atoms with van der Waals surface area (Å²) in [5.41, 5.74) is 2.31. The summed E-state index contributed by atoms with van der Waals surface area (Å²) in [4.78, 5) is 23.8. The zero-order chi connectivity index (χ0) is 20.0. The molecule has 1 aliphatic carbocycles. The van der Waals surface area contributed by atoms with E-state index >= 15 is 0 Å². The van der Waals surface area contributed by atoms with E-state index in [1.807, 2.05) is 0 Å². The highest BCUT2D eigenvalue weighted by molar-refractivity contribution is 6.33. The van der Waals surface area contributed by atoms with Gasteiger partial charge >= 0.3 is 6.18 Å². The Bertz CT molecular complexity index is 735. The molecule has 0 saturated heterocycles. The number of halogens is 4. The molecule has 148 valence electrons. The van der Waals surface area contributed by atoms with E-state index in [9.17, 15) is 22.8 Å². The van der Waals surface area contributed by atoms with E-state index < -0.39 is 23.6 Å². The molecule has 1 atom stereocenters. The van der Waals surface area contributed by atoms with Crippen molar-refractivity contribution < 1.29 is 22.8 Å². The summed E-state index contributed by atoms with van der Waals surface area (Å²) in [5.74, 6) is -0.707. The van der Waals surface area contributed by atoms with Gasteiger partial charge in [0.15, 0.2) is 0 Å². The van der Waals surface area contributed by atoms with Crippen LogP contribution in [0.3, 0.4) is 0 Å². The van der Waals surface area contributed by atoms with Crippen molar-refractivity contribution in [3.8, 4) is 0 Å². The third-order valence-electron chi connectivity index (χ3n) is 4.36. The summed E-state index contributed by atoms with van der Waals surface area (Å²) in [5, 5.41) is 6.41. The number of nitrogens with one attached hydrogen (secondary N) is 2. The molecule has 2 N–H and O–H groups in total. The van der Waals surface area contributed by atoms with Crippen molar-refractivity contribution in [1.29, 1.82) is 0 Å². The number of hydrogen-bond acceptors (Lipinski definition) is 3. The molecule has 0 unspecified atom stereocenters. The smallest absolute Gasteiger partial charge is 0.325 e. The first kappa shape index (κ1) is 21.2. The maximum atomic E-state index is 12.7. The summed E-state index contributed by atoms with van der Waals surface area (Å²) in [6.07, 6.45) is -0.803. The lowest BCUT2D eigenvalue weighted by Gasteiger charge is -2.19. The van der Waals surface area contributed by atoms with Crippen LogP contribution in [0.2, 0.25) is 5.02 Å². The highest BCUT2D eigenvalue weighted by Gasteiger charge is 2.31. The van der Waals surface area contributed by atoms with Crippen molar-refractivity contribution in [2.75, 3.05) is 5.32 Å². The van der Waals surface area contributed by atoms with Crippen molar-refractivity contribution in [2.45, 2.75) is 51.6 Å². The Kier molecular flexibility index (Phi) is 7.24. The SMILES string of the molecule is C[C@H]1CCCC/C1=N\NC(=O)CCC(=O)Nc1cc(C(F)(F)F)ccc1Cl. The molecular formula is C18H21ClF3N3O2. The van der Waals surface area contributed by atoms with Gasteiger partial charge in [0, 0.05) is 18.6 Å². The quantitative estimate of drug-likeness (QED) is 0.696. The van der Waals surface area contributed by atoms with E-state index in [-0.39, 0.29) is 23.6 Å². The lowest BCUT2D eigenvalue weighted by molar-refractivity contribution is -0.137. The van der Waals surface area contributed by atoms with E-state index in [4.69, 9.17) is 11.6 Å². The lowest BCUT2D eigenvalue weighted by atomic mass is 9.89. The van der Waals surface area contributed by atoms with Gasteiger partial charge in [0.25, 0.3) is 0 Å². The van der Waals surface area contributed by atoms with Gasteiger partial charge in [-0.1, -0.05) is 24.9 Å². The molecule has 0 bridgehead atoms. The molecule has 0 aliphatic heterocycles. The Morgan fingerprint density at radius 3 is 2.59 bits per heavy atom. The topological polar surface area (TPSA) is 70.6 Å². The van der Waals surface area contributed by atoms with Gasteiger partial charge in [0.05, 0.1) is 16.3 Å². The zero-order valence-electron chi connectivity index (χ0n) is 14.8. The van der Waals surface area contributed by atoms with Crippen LogP contribution < -0.4 is 10.7 Å². The molecule has 1 aromatic rings.